The number of hydrogen-bond acceptors (Lipinski definition) is 7. The maximum Gasteiger partial charge on any atom is 0.409 e. The summed E-state index contributed by atoms with van der Waals surface area (Å²) in [6.07, 6.45) is 17.4. The molecule has 1 aliphatic heterocycles. The maximum atomic E-state index is 14.4. The molecule has 1 saturated heterocycles. The van der Waals surface area contributed by atoms with E-state index in [1.807, 2.05) is 43.2 Å². The second kappa shape index (κ2) is 14.2. The molecule has 5 fully saturated rings. The number of aliphatic hydroxyl groups is 1. The van der Waals surface area contributed by atoms with Gasteiger partial charge in [0.05, 0.1) is 26.0 Å². The van der Waals surface area contributed by atoms with Crippen LogP contribution in [0.2, 0.25) is 0 Å². The summed E-state index contributed by atoms with van der Waals surface area (Å²) in [6, 6.07) is 10.6. The fourth-order valence-electron chi connectivity index (χ4n) is 9.26. The molecule has 0 radical (unpaired) electrons. The van der Waals surface area contributed by atoms with Crippen molar-refractivity contribution in [3.63, 3.8) is 0 Å². The molecule has 274 valence electrons. The number of rotatable bonds is 11. The van der Waals surface area contributed by atoms with Crippen LogP contribution in [0, 0.1) is 23.7 Å². The number of likely N-dealkylation sites (tertiary alicyclic amines) is 1. The van der Waals surface area contributed by atoms with Gasteiger partial charge in [-0.1, -0.05) is 38.3 Å². The molecule has 2 amide bonds. The van der Waals surface area contributed by atoms with Gasteiger partial charge >= 0.3 is 6.09 Å². The summed E-state index contributed by atoms with van der Waals surface area (Å²) in [6.45, 7) is 8.03. The Bertz CT molecular complexity index is 1700. The van der Waals surface area contributed by atoms with Gasteiger partial charge in [-0.05, 0) is 111 Å². The van der Waals surface area contributed by atoms with Gasteiger partial charge in [0.15, 0.2) is 0 Å². The summed E-state index contributed by atoms with van der Waals surface area (Å²) in [5.74, 6) is 1.95. The topological polar surface area (TPSA) is 110 Å². The van der Waals surface area contributed by atoms with E-state index in [2.05, 4.69) is 41.2 Å². The van der Waals surface area contributed by atoms with Crippen molar-refractivity contribution < 1.29 is 24.2 Å². The highest BCUT2D eigenvalue weighted by Crippen LogP contribution is 2.58. The molecule has 10 nitrogen and oxygen atoms in total. The zero-order valence-corrected chi connectivity index (χ0v) is 30.9. The minimum atomic E-state index is -0.362. The molecule has 2 aromatic heterocycles. The van der Waals surface area contributed by atoms with E-state index in [4.69, 9.17) is 14.5 Å². The average Bonchev–Trinajstić information content (AvgIpc) is 3.66. The number of carbonyl (C=O) groups is 2. The van der Waals surface area contributed by atoms with Gasteiger partial charge in [-0.15, -0.1) is 0 Å². The fraction of sp³-hybridized carbons (Fsp3) is 0.610. The Morgan fingerprint density at radius 2 is 1.75 bits per heavy atom. The van der Waals surface area contributed by atoms with Crippen LogP contribution in [0.25, 0.3) is 11.1 Å². The molecule has 10 heteroatoms. The first-order valence-corrected chi connectivity index (χ1v) is 19.0. The monoisotopic (exact) mass is 697 g/mol. The number of aryl methyl sites for hydroxylation is 1. The van der Waals surface area contributed by atoms with E-state index in [1.165, 1.54) is 17.5 Å². The van der Waals surface area contributed by atoms with Crippen LogP contribution in [-0.2, 0) is 14.9 Å². The second-order valence-corrected chi connectivity index (χ2v) is 16.6. The Balaban J connectivity index is 1.06. The highest BCUT2D eigenvalue weighted by molar-refractivity contribution is 5.95. The number of nitrogens with zero attached hydrogens (tertiary/aromatic N) is 5. The SMILES string of the molecule is COc1ccc(C23CCC(CN(C(=O)C4CCCCC4)c4cc(-c5cnn(C(C)COC(=O)N6CC(C)(CO)C6)c5)ccn4)(CC2)CC3)cc1C. The summed E-state index contributed by atoms with van der Waals surface area (Å²) >= 11 is 0. The average molecular weight is 698 g/mol. The van der Waals surface area contributed by atoms with Gasteiger partial charge in [0.25, 0.3) is 0 Å². The van der Waals surface area contributed by atoms with Crippen LogP contribution in [0.5, 0.6) is 5.75 Å². The molecule has 1 atom stereocenters. The molecule has 1 N–H and O–H groups in total. The van der Waals surface area contributed by atoms with Gasteiger partial charge in [-0.25, -0.2) is 9.78 Å². The van der Waals surface area contributed by atoms with Crippen molar-refractivity contribution in [2.24, 2.45) is 16.7 Å². The first-order valence-electron chi connectivity index (χ1n) is 19.0. The quantitative estimate of drug-likeness (QED) is 0.221. The predicted molar refractivity (Wildman–Crippen MR) is 197 cm³/mol. The van der Waals surface area contributed by atoms with Crippen molar-refractivity contribution >= 4 is 17.8 Å². The van der Waals surface area contributed by atoms with Crippen molar-refractivity contribution in [1.29, 1.82) is 0 Å². The van der Waals surface area contributed by atoms with Crippen LogP contribution in [0.15, 0.2) is 48.9 Å². The lowest BCUT2D eigenvalue weighted by Gasteiger charge is -2.55. The number of amides is 2. The molecule has 1 aromatic carbocycles. The summed E-state index contributed by atoms with van der Waals surface area (Å²) in [5.41, 5.74) is 4.58. The Morgan fingerprint density at radius 3 is 2.41 bits per heavy atom. The molecular formula is C41H55N5O5. The number of aromatic nitrogens is 3. The number of ether oxygens (including phenoxy) is 2. The van der Waals surface area contributed by atoms with Crippen LogP contribution in [0.1, 0.15) is 102 Å². The highest BCUT2D eigenvalue weighted by atomic mass is 16.6. The number of methoxy groups -OCH3 is 1. The van der Waals surface area contributed by atoms with E-state index in [0.717, 1.165) is 86.9 Å². The Hall–Kier alpha value is -3.92. The minimum Gasteiger partial charge on any atom is -0.496 e. The first kappa shape index (κ1) is 35.5. The van der Waals surface area contributed by atoms with Crippen molar-refractivity contribution in [2.45, 2.75) is 103 Å². The van der Waals surface area contributed by atoms with E-state index in [-0.39, 0.29) is 53.4 Å². The number of hydrogen-bond donors (Lipinski definition) is 1. The van der Waals surface area contributed by atoms with Crippen LogP contribution in [-0.4, -0.2) is 76.7 Å². The van der Waals surface area contributed by atoms with Crippen molar-refractivity contribution in [2.75, 3.05) is 44.9 Å². The first-order chi connectivity index (χ1) is 24.5. The molecule has 51 heavy (non-hydrogen) atoms. The Kier molecular flexibility index (Phi) is 9.91. The van der Waals surface area contributed by atoms with Gasteiger partial charge in [-0.2, -0.15) is 5.10 Å². The van der Waals surface area contributed by atoms with E-state index >= 15 is 0 Å². The zero-order valence-electron chi connectivity index (χ0n) is 30.9. The lowest BCUT2D eigenvalue weighted by atomic mass is 9.51. The second-order valence-electron chi connectivity index (χ2n) is 16.6. The molecule has 3 aromatic rings. The molecule has 0 spiro atoms. The molecule has 8 rings (SSSR count). The molecular weight excluding hydrogens is 642 g/mol. The van der Waals surface area contributed by atoms with Crippen LogP contribution < -0.4 is 9.64 Å². The summed E-state index contributed by atoms with van der Waals surface area (Å²) in [4.78, 5) is 35.4. The van der Waals surface area contributed by atoms with E-state index in [1.54, 1.807) is 12.0 Å². The van der Waals surface area contributed by atoms with Gasteiger partial charge in [0, 0.05) is 48.9 Å². The normalized spacial score (nSPS) is 24.8. The zero-order chi connectivity index (χ0) is 35.8. The third-order valence-electron chi connectivity index (χ3n) is 12.8. The lowest BCUT2D eigenvalue weighted by Crippen LogP contribution is -2.58. The van der Waals surface area contributed by atoms with E-state index in [9.17, 15) is 14.7 Å². The number of anilines is 1. The highest BCUT2D eigenvalue weighted by Gasteiger charge is 2.51. The third-order valence-corrected chi connectivity index (χ3v) is 12.8. The summed E-state index contributed by atoms with van der Waals surface area (Å²) in [5, 5.41) is 14.1. The lowest BCUT2D eigenvalue weighted by molar-refractivity contribution is -0.124. The van der Waals surface area contributed by atoms with Crippen molar-refractivity contribution in [3.8, 4) is 16.9 Å². The number of pyridine rings is 1. The van der Waals surface area contributed by atoms with E-state index in [0.29, 0.717) is 19.6 Å². The smallest absolute Gasteiger partial charge is 0.409 e. The molecule has 5 aliphatic rings. The summed E-state index contributed by atoms with van der Waals surface area (Å²) in [7, 11) is 1.74. The summed E-state index contributed by atoms with van der Waals surface area (Å²) < 4.78 is 12.9. The van der Waals surface area contributed by atoms with Crippen LogP contribution in [0.3, 0.4) is 0 Å². The molecule has 3 heterocycles. The number of fused-ring (bicyclic) bond motifs is 3. The van der Waals surface area contributed by atoms with Gasteiger partial charge in [0.2, 0.25) is 5.91 Å². The fourth-order valence-corrected chi connectivity index (χ4v) is 9.26. The van der Waals surface area contributed by atoms with Crippen LogP contribution in [0.4, 0.5) is 10.6 Å². The van der Waals surface area contributed by atoms with Crippen molar-refractivity contribution in [1.82, 2.24) is 19.7 Å². The number of benzene rings is 1. The number of carbonyl (C=O) groups excluding carboxylic acids is 2. The molecule has 1 unspecified atom stereocenters. The standard InChI is InChI=1S/C41H55N5O5/c1-29-20-34(10-11-35(29)50-4)41-16-13-40(14-17-41,15-18-41)27-45(37(48)31-8-6-5-7-9-31)36-21-32(12-19-42-36)33-22-43-46(23-33)30(2)24-51-38(49)44-25-39(3,26-44)28-47/h10-12,19-23,30-31,47H,5-9,13-18,24-28H2,1-4H3. The predicted octanol–water partition coefficient (Wildman–Crippen LogP) is 7.48. The molecule has 2 bridgehead atoms. The molecule has 4 aliphatic carbocycles. The third kappa shape index (κ3) is 7.13. The van der Waals surface area contributed by atoms with Gasteiger partial charge in [0.1, 0.15) is 18.2 Å². The van der Waals surface area contributed by atoms with Crippen molar-refractivity contribution in [3.05, 3.63) is 60.0 Å². The van der Waals surface area contributed by atoms with Gasteiger partial charge in [-0.3, -0.25) is 14.4 Å². The molecule has 4 saturated carbocycles. The Morgan fingerprint density at radius 1 is 1.02 bits per heavy atom. The Labute approximate surface area is 302 Å². The minimum absolute atomic E-state index is 0.0501. The van der Waals surface area contributed by atoms with Crippen LogP contribution >= 0.6 is 0 Å². The van der Waals surface area contributed by atoms with Gasteiger partial charge < -0.3 is 19.5 Å². The number of aliphatic hydroxyl groups excluding tert-OH is 1. The maximum absolute atomic E-state index is 14.4. The largest absolute Gasteiger partial charge is 0.496 e. The van der Waals surface area contributed by atoms with E-state index < -0.39 is 0 Å².